The monoisotopic (exact) mass is 598 g/mol. The Morgan fingerprint density at radius 3 is 2.03 bits per heavy atom. The molecule has 0 saturated heterocycles. The van der Waals surface area contributed by atoms with Gasteiger partial charge in [0.1, 0.15) is 0 Å². The molecule has 4 heteroatoms. The molecule has 5 aromatic rings. The van der Waals surface area contributed by atoms with E-state index >= 15 is 0 Å². The number of hydrogen-bond donors (Lipinski definition) is 0. The minimum atomic E-state index is 0. The number of halogens is 2. The molecular weight excluding hydrogens is 572 g/mol. The van der Waals surface area contributed by atoms with Crippen LogP contribution in [0.4, 0.5) is 0 Å². The first kappa shape index (κ1) is 27.1. The largest absolute Gasteiger partial charge is 4.00 e. The summed E-state index contributed by atoms with van der Waals surface area (Å²) >= 11 is 0. The summed E-state index contributed by atoms with van der Waals surface area (Å²) < 4.78 is 0. The summed E-state index contributed by atoms with van der Waals surface area (Å²) in [5.74, 6) is 0. The van der Waals surface area contributed by atoms with Gasteiger partial charge in [0.2, 0.25) is 0 Å². The second-order valence-electron chi connectivity index (χ2n) is 7.33. The average Bonchev–Trinajstić information content (AvgIpc) is 3.33. The summed E-state index contributed by atoms with van der Waals surface area (Å²) in [7, 11) is 0.754. The van der Waals surface area contributed by atoms with Gasteiger partial charge < -0.3 is 9.41 Å². The van der Waals surface area contributed by atoms with E-state index in [0.717, 1.165) is 8.58 Å². The van der Waals surface area contributed by atoms with E-state index in [2.05, 4.69) is 112 Å². The van der Waals surface area contributed by atoms with Gasteiger partial charge in [-0.3, -0.25) is 0 Å². The van der Waals surface area contributed by atoms with Gasteiger partial charge in [-0.15, -0.1) is 83.0 Å². The zero-order valence-electron chi connectivity index (χ0n) is 17.9. The van der Waals surface area contributed by atoms with Crippen molar-refractivity contribution in [3.63, 3.8) is 0 Å². The normalized spacial score (nSPS) is 10.2. The van der Waals surface area contributed by atoms with E-state index in [1.165, 1.54) is 48.8 Å². The number of benzene rings is 3. The van der Waals surface area contributed by atoms with Crippen LogP contribution in [0.25, 0.3) is 21.5 Å². The number of rotatable bonds is 2. The molecular formula is C27H25F2HfP. The molecule has 0 heterocycles. The Morgan fingerprint density at radius 1 is 0.677 bits per heavy atom. The van der Waals surface area contributed by atoms with Crippen LogP contribution < -0.4 is 20.0 Å². The fourth-order valence-electron chi connectivity index (χ4n) is 3.74. The van der Waals surface area contributed by atoms with Crippen molar-refractivity contribution in [2.75, 3.05) is 0 Å². The van der Waals surface area contributed by atoms with E-state index in [1.54, 1.807) is 0 Å². The molecule has 0 aliphatic heterocycles. The molecule has 0 bridgehead atoms. The van der Waals surface area contributed by atoms with Gasteiger partial charge in [-0.05, 0) is 12.2 Å². The average molecular weight is 597 g/mol. The standard InChI is InChI=1S/C16H14P.C11H11.2FH.Hf/c1-12-11-13-7-5-6-10-15(13)16(12)17-14-8-3-2-4-9-14;1-8-6-7-9(2)11-5-3-4-10(8)11;;;/h2-11,17H,1H3;3-7H,1-2H3;2*1H;/q2*-1;;;+4/p-2. The van der Waals surface area contributed by atoms with Gasteiger partial charge in [-0.25, -0.2) is 0 Å². The first-order chi connectivity index (χ1) is 13.6. The third kappa shape index (κ3) is 6.05. The van der Waals surface area contributed by atoms with Crippen LogP contribution in [0.15, 0.2) is 91.0 Å². The predicted molar refractivity (Wildman–Crippen MR) is 127 cm³/mol. The molecule has 1 unspecified atom stereocenters. The second kappa shape index (κ2) is 12.2. The number of fused-ring (bicyclic) bond motifs is 2. The van der Waals surface area contributed by atoms with Crippen LogP contribution in [0, 0.1) is 20.8 Å². The molecule has 0 spiro atoms. The molecule has 0 saturated carbocycles. The van der Waals surface area contributed by atoms with E-state index < -0.39 is 0 Å². The van der Waals surface area contributed by atoms with Crippen molar-refractivity contribution in [2.45, 2.75) is 20.8 Å². The first-order valence-corrected chi connectivity index (χ1v) is 10.7. The molecule has 31 heavy (non-hydrogen) atoms. The number of aryl methyl sites for hydroxylation is 3. The van der Waals surface area contributed by atoms with E-state index in [0.29, 0.717) is 0 Å². The topological polar surface area (TPSA) is 0 Å². The molecule has 5 aromatic carbocycles. The molecule has 0 aliphatic carbocycles. The molecule has 0 nitrogen and oxygen atoms in total. The summed E-state index contributed by atoms with van der Waals surface area (Å²) in [6.07, 6.45) is 0. The van der Waals surface area contributed by atoms with Crippen LogP contribution >= 0.6 is 8.58 Å². The summed E-state index contributed by atoms with van der Waals surface area (Å²) in [4.78, 5) is 0. The van der Waals surface area contributed by atoms with Crippen molar-refractivity contribution in [3.05, 3.63) is 108 Å². The van der Waals surface area contributed by atoms with Crippen LogP contribution in [-0.2, 0) is 25.8 Å². The fourth-order valence-corrected chi connectivity index (χ4v) is 5.02. The van der Waals surface area contributed by atoms with Crippen molar-refractivity contribution >= 4 is 40.7 Å². The van der Waals surface area contributed by atoms with Gasteiger partial charge in [0.15, 0.2) is 0 Å². The molecule has 156 valence electrons. The zero-order chi connectivity index (χ0) is 19.5. The summed E-state index contributed by atoms with van der Waals surface area (Å²) in [5, 5.41) is 8.46. The maximum atomic E-state index is 2.29. The SMILES string of the molecule is Cc1[cH-]c2ccccc2c1Pc1ccccc1.Cc1ccc(C)c2[cH-]ccc12.[F-].[F-].[Hf+4]. The van der Waals surface area contributed by atoms with Crippen LogP contribution in [0.2, 0.25) is 0 Å². The molecule has 0 aliphatic rings. The van der Waals surface area contributed by atoms with Crippen molar-refractivity contribution in [1.29, 1.82) is 0 Å². The summed E-state index contributed by atoms with van der Waals surface area (Å²) in [6, 6.07) is 32.5. The van der Waals surface area contributed by atoms with Crippen molar-refractivity contribution in [1.82, 2.24) is 0 Å². The quantitative estimate of drug-likeness (QED) is 0.160. The minimum absolute atomic E-state index is 0. The Hall–Kier alpha value is -1.96. The fraction of sp³-hybridized carbons (Fsp3) is 0.111. The third-order valence-corrected chi connectivity index (χ3v) is 6.82. The van der Waals surface area contributed by atoms with E-state index in [4.69, 9.17) is 0 Å². The predicted octanol–water partition coefficient (Wildman–Crippen LogP) is 0.677. The molecule has 0 N–H and O–H groups in total. The van der Waals surface area contributed by atoms with Crippen LogP contribution in [-0.4, -0.2) is 0 Å². The molecule has 0 amide bonds. The molecule has 1 atom stereocenters. The molecule has 0 fully saturated rings. The van der Waals surface area contributed by atoms with Crippen molar-refractivity contribution in [2.24, 2.45) is 0 Å². The van der Waals surface area contributed by atoms with Crippen LogP contribution in [0.1, 0.15) is 16.7 Å². The second-order valence-corrected chi connectivity index (χ2v) is 8.66. The Labute approximate surface area is 203 Å². The van der Waals surface area contributed by atoms with Crippen LogP contribution in [0.5, 0.6) is 0 Å². The summed E-state index contributed by atoms with van der Waals surface area (Å²) in [5.41, 5.74) is 4.15. The summed E-state index contributed by atoms with van der Waals surface area (Å²) in [6.45, 7) is 6.52. The maximum Gasteiger partial charge on any atom is 4.00 e. The Balaban J connectivity index is 0.000000303. The minimum Gasteiger partial charge on any atom is -1.00 e. The van der Waals surface area contributed by atoms with Gasteiger partial charge in [0.05, 0.1) is 0 Å². The van der Waals surface area contributed by atoms with Crippen LogP contribution in [0.3, 0.4) is 0 Å². The molecule has 5 rings (SSSR count). The van der Waals surface area contributed by atoms with Gasteiger partial charge in [0, 0.05) is 0 Å². The van der Waals surface area contributed by atoms with Crippen molar-refractivity contribution in [3.8, 4) is 0 Å². The third-order valence-electron chi connectivity index (χ3n) is 5.29. The smallest absolute Gasteiger partial charge is 1.00 e. The van der Waals surface area contributed by atoms with Gasteiger partial charge in [0.25, 0.3) is 0 Å². The van der Waals surface area contributed by atoms with Gasteiger partial charge in [-0.2, -0.15) is 12.1 Å². The first-order valence-electron chi connectivity index (χ1n) is 9.72. The van der Waals surface area contributed by atoms with Gasteiger partial charge >= 0.3 is 25.8 Å². The zero-order valence-corrected chi connectivity index (χ0v) is 22.5. The molecule has 0 radical (unpaired) electrons. The van der Waals surface area contributed by atoms with Gasteiger partial charge in [-0.1, -0.05) is 61.9 Å². The molecule has 0 aromatic heterocycles. The van der Waals surface area contributed by atoms with E-state index in [9.17, 15) is 0 Å². The Bertz CT molecular complexity index is 1190. The number of hydrogen-bond acceptors (Lipinski definition) is 0. The Morgan fingerprint density at radius 2 is 1.32 bits per heavy atom. The Kier molecular flexibility index (Phi) is 10.6. The van der Waals surface area contributed by atoms with E-state index in [-0.39, 0.29) is 35.3 Å². The van der Waals surface area contributed by atoms with E-state index in [1.807, 2.05) is 0 Å². The van der Waals surface area contributed by atoms with Crippen molar-refractivity contribution < 1.29 is 35.3 Å². The maximum absolute atomic E-state index is 2.29.